The van der Waals surface area contributed by atoms with E-state index in [4.69, 9.17) is 11.5 Å². The molecule has 36 heavy (non-hydrogen) atoms. The molecule has 10 N–H and O–H groups in total. The number of imidazole rings is 2. The van der Waals surface area contributed by atoms with E-state index in [0.29, 0.717) is 11.4 Å². The van der Waals surface area contributed by atoms with Gasteiger partial charge >= 0.3 is 5.97 Å². The number of aliphatic carboxylic acids is 1. The van der Waals surface area contributed by atoms with Crippen LogP contribution in [0.25, 0.3) is 0 Å². The summed E-state index contributed by atoms with van der Waals surface area (Å²) < 4.78 is 0. The van der Waals surface area contributed by atoms with Gasteiger partial charge in [0, 0.05) is 48.8 Å². The molecule has 0 radical (unpaired) electrons. The van der Waals surface area contributed by atoms with Gasteiger partial charge in [0.05, 0.1) is 18.7 Å². The Hall–Kier alpha value is -3.92. The van der Waals surface area contributed by atoms with Gasteiger partial charge in [-0.05, 0) is 6.42 Å². The van der Waals surface area contributed by atoms with Crippen LogP contribution in [0.4, 0.5) is 0 Å². The highest BCUT2D eigenvalue weighted by atomic mass is 32.1. The Morgan fingerprint density at radius 3 is 1.86 bits per heavy atom. The summed E-state index contributed by atoms with van der Waals surface area (Å²) in [4.78, 5) is 74.6. The molecule has 0 aromatic carbocycles. The number of H-pyrrole nitrogens is 2. The van der Waals surface area contributed by atoms with Crippen LogP contribution in [-0.4, -0.2) is 84.6 Å². The third-order valence-corrected chi connectivity index (χ3v) is 5.44. The molecule has 0 bridgehead atoms. The van der Waals surface area contributed by atoms with Gasteiger partial charge in [0.15, 0.2) is 0 Å². The first kappa shape index (κ1) is 28.3. The monoisotopic (exact) mass is 523 g/mol. The maximum atomic E-state index is 13.1. The number of nitrogens with zero attached hydrogens (tertiary/aromatic N) is 2. The number of carboxylic acid groups (broad SMARTS) is 1. The van der Waals surface area contributed by atoms with Crippen molar-refractivity contribution in [2.45, 2.75) is 49.9 Å². The Morgan fingerprint density at radius 2 is 1.39 bits per heavy atom. The summed E-state index contributed by atoms with van der Waals surface area (Å²) >= 11 is 3.97. The summed E-state index contributed by atoms with van der Waals surface area (Å²) in [7, 11) is 0. The molecule has 4 atom stereocenters. The molecule has 2 aromatic heterocycles. The summed E-state index contributed by atoms with van der Waals surface area (Å²) in [6, 6.07) is -4.83. The number of hydrogen-bond donors (Lipinski definition) is 9. The maximum Gasteiger partial charge on any atom is 0.326 e. The van der Waals surface area contributed by atoms with Crippen LogP contribution in [0.3, 0.4) is 0 Å². The molecule has 0 spiro atoms. The molecule has 2 rings (SSSR count). The molecule has 2 aromatic rings. The van der Waals surface area contributed by atoms with Crippen molar-refractivity contribution in [3.8, 4) is 0 Å². The van der Waals surface area contributed by atoms with Crippen LogP contribution in [0.1, 0.15) is 24.2 Å². The largest absolute Gasteiger partial charge is 0.480 e. The number of primary amides is 1. The minimum absolute atomic E-state index is 0.0153. The number of thiol groups is 1. The molecular weight excluding hydrogens is 494 g/mol. The lowest BCUT2D eigenvalue weighted by atomic mass is 10.1. The Kier molecular flexibility index (Phi) is 10.9. The quantitative estimate of drug-likeness (QED) is 0.108. The number of carboxylic acids is 1. The number of carbonyl (C=O) groups is 5. The number of carbonyl (C=O) groups excluding carboxylic acids is 4. The number of nitrogens with one attached hydrogen (secondary N) is 5. The maximum absolute atomic E-state index is 13.1. The van der Waals surface area contributed by atoms with Crippen molar-refractivity contribution < 1.29 is 29.1 Å². The molecule has 2 heterocycles. The zero-order valence-corrected chi connectivity index (χ0v) is 20.0. The van der Waals surface area contributed by atoms with E-state index in [9.17, 15) is 29.1 Å². The lowest BCUT2D eigenvalue weighted by molar-refractivity contribution is -0.142. The van der Waals surface area contributed by atoms with Gasteiger partial charge in [0.25, 0.3) is 0 Å². The summed E-state index contributed by atoms with van der Waals surface area (Å²) in [6.07, 6.45) is 5.03. The fraction of sp³-hybridized carbons (Fsp3) is 0.450. The van der Waals surface area contributed by atoms with Crippen molar-refractivity contribution in [3.05, 3.63) is 36.4 Å². The second kappa shape index (κ2) is 13.8. The molecule has 0 aliphatic rings. The number of aromatic nitrogens is 4. The topological polar surface area (TPSA) is 251 Å². The van der Waals surface area contributed by atoms with E-state index in [-0.39, 0.29) is 31.4 Å². The Balaban J connectivity index is 2.18. The summed E-state index contributed by atoms with van der Waals surface area (Å²) in [6.45, 7) is 0. The highest BCUT2D eigenvalue weighted by Crippen LogP contribution is 2.05. The van der Waals surface area contributed by atoms with E-state index < -0.39 is 53.8 Å². The van der Waals surface area contributed by atoms with Crippen LogP contribution in [0.2, 0.25) is 0 Å². The van der Waals surface area contributed by atoms with Crippen LogP contribution in [-0.2, 0) is 36.8 Å². The number of aromatic amines is 2. The van der Waals surface area contributed by atoms with Gasteiger partial charge in [-0.3, -0.25) is 19.2 Å². The average molecular weight is 524 g/mol. The standard InChI is InChI=1S/C20H29N9O6S/c21-12(7-36)17(31)28-14(3-10-5-23-8-25-10)19(33)27-13(1-2-16(22)30)18(32)29-15(20(34)35)4-11-6-24-9-26-11/h5-6,8-9,12-15,36H,1-4,7,21H2,(H2,22,30)(H,23,25)(H,24,26)(H,27,33)(H,28,31)(H,29,32)(H,34,35). The fourth-order valence-corrected chi connectivity index (χ4v) is 3.27. The van der Waals surface area contributed by atoms with E-state index in [1.807, 2.05) is 0 Å². The van der Waals surface area contributed by atoms with Gasteiger partial charge in [-0.25, -0.2) is 14.8 Å². The second-order valence-electron chi connectivity index (χ2n) is 7.88. The van der Waals surface area contributed by atoms with Crippen LogP contribution in [0.5, 0.6) is 0 Å². The number of rotatable bonds is 15. The van der Waals surface area contributed by atoms with Crippen molar-refractivity contribution in [3.63, 3.8) is 0 Å². The molecule has 0 aliphatic carbocycles. The molecule has 15 nitrogen and oxygen atoms in total. The Morgan fingerprint density at radius 1 is 0.889 bits per heavy atom. The summed E-state index contributed by atoms with van der Waals surface area (Å²) in [5.74, 6) is -4.28. The van der Waals surface area contributed by atoms with Gasteiger partial charge in [0.1, 0.15) is 18.1 Å². The van der Waals surface area contributed by atoms with Gasteiger partial charge in [0.2, 0.25) is 23.6 Å². The van der Waals surface area contributed by atoms with Gasteiger partial charge in [-0.15, -0.1) is 0 Å². The van der Waals surface area contributed by atoms with E-state index in [2.05, 4.69) is 48.5 Å². The smallest absolute Gasteiger partial charge is 0.326 e. The molecule has 0 saturated heterocycles. The molecule has 0 aliphatic heterocycles. The Labute approximate surface area is 211 Å². The van der Waals surface area contributed by atoms with Gasteiger partial charge < -0.3 is 42.5 Å². The predicted octanol–water partition coefficient (Wildman–Crippen LogP) is -3.02. The highest BCUT2D eigenvalue weighted by Gasteiger charge is 2.31. The second-order valence-corrected chi connectivity index (χ2v) is 8.24. The molecule has 4 unspecified atom stereocenters. The van der Waals surface area contributed by atoms with Crippen molar-refractivity contribution in [2.24, 2.45) is 11.5 Å². The first-order chi connectivity index (χ1) is 17.1. The number of amides is 4. The molecule has 196 valence electrons. The zero-order chi connectivity index (χ0) is 26.7. The summed E-state index contributed by atoms with van der Waals surface area (Å²) in [5, 5.41) is 16.8. The minimum Gasteiger partial charge on any atom is -0.480 e. The average Bonchev–Trinajstić information content (AvgIpc) is 3.54. The zero-order valence-electron chi connectivity index (χ0n) is 19.1. The van der Waals surface area contributed by atoms with Crippen molar-refractivity contribution in [1.82, 2.24) is 35.9 Å². The van der Waals surface area contributed by atoms with Crippen LogP contribution < -0.4 is 27.4 Å². The normalized spacial score (nSPS) is 14.2. The van der Waals surface area contributed by atoms with Crippen molar-refractivity contribution >= 4 is 42.2 Å². The van der Waals surface area contributed by atoms with Crippen molar-refractivity contribution in [1.29, 1.82) is 0 Å². The number of hydrogen-bond acceptors (Lipinski definition) is 9. The third-order valence-electron chi connectivity index (χ3n) is 5.05. The van der Waals surface area contributed by atoms with E-state index >= 15 is 0 Å². The van der Waals surface area contributed by atoms with Gasteiger partial charge in [-0.2, -0.15) is 12.6 Å². The lowest BCUT2D eigenvalue weighted by Crippen LogP contribution is -2.58. The first-order valence-electron chi connectivity index (χ1n) is 10.8. The van der Waals surface area contributed by atoms with E-state index in [0.717, 1.165) is 0 Å². The van der Waals surface area contributed by atoms with E-state index in [1.54, 1.807) is 0 Å². The van der Waals surface area contributed by atoms with Crippen molar-refractivity contribution in [2.75, 3.05) is 5.75 Å². The third kappa shape index (κ3) is 9.03. The molecule has 0 fully saturated rings. The molecule has 0 saturated carbocycles. The lowest BCUT2D eigenvalue weighted by Gasteiger charge is -2.24. The molecular formula is C20H29N9O6S. The summed E-state index contributed by atoms with van der Waals surface area (Å²) in [5.41, 5.74) is 11.9. The Bertz CT molecular complexity index is 1030. The number of nitrogens with two attached hydrogens (primary N) is 2. The van der Waals surface area contributed by atoms with Crippen LogP contribution in [0.15, 0.2) is 25.0 Å². The molecule has 16 heteroatoms. The highest BCUT2D eigenvalue weighted by molar-refractivity contribution is 7.80. The van der Waals surface area contributed by atoms with Gasteiger partial charge in [-0.1, -0.05) is 0 Å². The van der Waals surface area contributed by atoms with Crippen LogP contribution in [0, 0.1) is 0 Å². The van der Waals surface area contributed by atoms with Crippen LogP contribution >= 0.6 is 12.6 Å². The SMILES string of the molecule is NC(=O)CCC(NC(=O)C(Cc1cnc[nH]1)NC(=O)C(N)CS)C(=O)NC(Cc1cnc[nH]1)C(=O)O. The fourth-order valence-electron chi connectivity index (χ4n) is 3.10. The van der Waals surface area contributed by atoms with E-state index in [1.165, 1.54) is 25.0 Å². The first-order valence-corrected chi connectivity index (χ1v) is 11.5. The molecule has 4 amide bonds. The predicted molar refractivity (Wildman–Crippen MR) is 128 cm³/mol. The minimum atomic E-state index is -1.35.